The van der Waals surface area contributed by atoms with Crippen molar-refractivity contribution in [1.29, 1.82) is 0 Å². The Morgan fingerprint density at radius 2 is 1.78 bits per heavy atom. The van der Waals surface area contributed by atoms with Crippen LogP contribution in [0.25, 0.3) is 0 Å². The van der Waals surface area contributed by atoms with Crippen molar-refractivity contribution < 1.29 is 13.2 Å². The molecule has 1 fully saturated rings. The standard InChI is InChI=1S/C16H19ClF3N7/c1-26-4-6-27(7-5-26)25-15-13(21)14(22-9-23-15)24-10-2-3-12(17)11(8-10)16(18,19)20/h2-3,8-9H,4-7,21H2,1H3,(H2,22,23,24,25). The van der Waals surface area contributed by atoms with Crippen LogP contribution >= 0.6 is 11.6 Å². The van der Waals surface area contributed by atoms with Crippen LogP contribution in [-0.2, 0) is 6.18 Å². The number of nitrogen functional groups attached to an aromatic ring is 1. The summed E-state index contributed by atoms with van der Waals surface area (Å²) in [5.41, 5.74) is 8.67. The molecule has 2 heterocycles. The van der Waals surface area contributed by atoms with Crippen molar-refractivity contribution in [3.63, 3.8) is 0 Å². The van der Waals surface area contributed by atoms with Crippen LogP contribution < -0.4 is 16.5 Å². The van der Waals surface area contributed by atoms with Crippen LogP contribution in [0.3, 0.4) is 0 Å². The van der Waals surface area contributed by atoms with Gasteiger partial charge >= 0.3 is 6.18 Å². The van der Waals surface area contributed by atoms with Crippen molar-refractivity contribution in [2.75, 3.05) is 49.7 Å². The number of halogens is 4. The maximum absolute atomic E-state index is 13.0. The Morgan fingerprint density at radius 1 is 1.11 bits per heavy atom. The zero-order valence-electron chi connectivity index (χ0n) is 14.5. The van der Waals surface area contributed by atoms with Gasteiger partial charge in [-0.1, -0.05) is 11.6 Å². The number of hydrogen-bond acceptors (Lipinski definition) is 7. The Hall–Kier alpha value is -2.30. The van der Waals surface area contributed by atoms with E-state index < -0.39 is 11.7 Å². The van der Waals surface area contributed by atoms with E-state index in [9.17, 15) is 13.2 Å². The fourth-order valence-electron chi connectivity index (χ4n) is 2.61. The number of alkyl halides is 3. The van der Waals surface area contributed by atoms with Gasteiger partial charge in [0, 0.05) is 31.9 Å². The molecule has 0 amide bonds. The highest BCUT2D eigenvalue weighted by atomic mass is 35.5. The number of nitrogens with two attached hydrogens (primary N) is 1. The monoisotopic (exact) mass is 401 g/mol. The Kier molecular flexibility index (Phi) is 5.59. The first-order valence-corrected chi connectivity index (χ1v) is 8.56. The normalized spacial score (nSPS) is 16.3. The van der Waals surface area contributed by atoms with Crippen molar-refractivity contribution >= 4 is 34.6 Å². The average molecular weight is 402 g/mol. The van der Waals surface area contributed by atoms with Crippen molar-refractivity contribution in [1.82, 2.24) is 19.9 Å². The van der Waals surface area contributed by atoms with E-state index >= 15 is 0 Å². The fourth-order valence-corrected chi connectivity index (χ4v) is 2.83. The maximum Gasteiger partial charge on any atom is 0.417 e. The average Bonchev–Trinajstić information content (AvgIpc) is 2.61. The smallest absolute Gasteiger partial charge is 0.393 e. The summed E-state index contributed by atoms with van der Waals surface area (Å²) in [4.78, 5) is 10.3. The molecule has 0 unspecified atom stereocenters. The number of anilines is 4. The molecule has 0 radical (unpaired) electrons. The quantitative estimate of drug-likeness (QED) is 0.726. The molecular formula is C16H19ClF3N7. The second-order valence-corrected chi connectivity index (χ2v) is 6.61. The van der Waals surface area contributed by atoms with E-state index in [2.05, 4.69) is 25.6 Å². The van der Waals surface area contributed by atoms with Crippen LogP contribution in [-0.4, -0.2) is 53.1 Å². The van der Waals surface area contributed by atoms with E-state index in [0.29, 0.717) is 5.82 Å². The Balaban J connectivity index is 1.78. The van der Waals surface area contributed by atoms with Gasteiger partial charge in [0.25, 0.3) is 0 Å². The Labute approximate surface area is 159 Å². The van der Waals surface area contributed by atoms with Crippen LogP contribution in [0.1, 0.15) is 5.56 Å². The summed E-state index contributed by atoms with van der Waals surface area (Å²) in [6.07, 6.45) is -3.27. The SMILES string of the molecule is CN1CCN(Nc2ncnc(Nc3ccc(Cl)c(C(F)(F)F)c3)c2N)CC1. The molecule has 0 atom stereocenters. The molecule has 3 rings (SSSR count). The predicted molar refractivity (Wildman–Crippen MR) is 98.9 cm³/mol. The lowest BCUT2D eigenvalue weighted by Gasteiger charge is -2.32. The highest BCUT2D eigenvalue weighted by molar-refractivity contribution is 6.31. The number of rotatable bonds is 4. The third-order valence-corrected chi connectivity index (χ3v) is 4.52. The van der Waals surface area contributed by atoms with Gasteiger partial charge in [0.1, 0.15) is 12.0 Å². The molecule has 27 heavy (non-hydrogen) atoms. The molecule has 11 heteroatoms. The van der Waals surface area contributed by atoms with Crippen LogP contribution in [0, 0.1) is 0 Å². The molecule has 4 N–H and O–H groups in total. The maximum atomic E-state index is 13.0. The molecule has 1 aliphatic rings. The molecule has 7 nitrogen and oxygen atoms in total. The van der Waals surface area contributed by atoms with Crippen molar-refractivity contribution in [2.45, 2.75) is 6.18 Å². The molecule has 0 spiro atoms. The van der Waals surface area contributed by atoms with E-state index in [1.54, 1.807) is 0 Å². The van der Waals surface area contributed by atoms with Crippen LogP contribution in [0.5, 0.6) is 0 Å². The van der Waals surface area contributed by atoms with Gasteiger partial charge in [-0.15, -0.1) is 0 Å². The lowest BCUT2D eigenvalue weighted by Crippen LogP contribution is -2.47. The predicted octanol–water partition coefficient (Wildman–Crippen LogP) is 3.05. The molecule has 1 saturated heterocycles. The van der Waals surface area contributed by atoms with Crippen molar-refractivity contribution in [3.8, 4) is 0 Å². The number of nitrogens with zero attached hydrogens (tertiary/aromatic N) is 4. The zero-order valence-corrected chi connectivity index (χ0v) is 15.3. The molecule has 2 aromatic rings. The zero-order chi connectivity index (χ0) is 19.6. The number of aromatic nitrogens is 2. The Bertz CT molecular complexity index is 807. The van der Waals surface area contributed by atoms with E-state index in [1.807, 2.05) is 12.1 Å². The first kappa shape index (κ1) is 19.5. The molecule has 1 aliphatic heterocycles. The van der Waals surface area contributed by atoms with Gasteiger partial charge in [0.05, 0.1) is 10.6 Å². The van der Waals surface area contributed by atoms with Crippen molar-refractivity contribution in [2.24, 2.45) is 0 Å². The Morgan fingerprint density at radius 3 is 2.44 bits per heavy atom. The molecule has 0 bridgehead atoms. The summed E-state index contributed by atoms with van der Waals surface area (Å²) in [6, 6.07) is 3.51. The van der Waals surface area contributed by atoms with Crippen LogP contribution in [0.4, 0.5) is 36.2 Å². The number of hydrazine groups is 1. The largest absolute Gasteiger partial charge is 0.417 e. The first-order valence-electron chi connectivity index (χ1n) is 8.18. The third-order valence-electron chi connectivity index (χ3n) is 4.19. The topological polar surface area (TPSA) is 82.3 Å². The number of likely N-dealkylation sites (N-methyl/N-ethyl adjacent to an activating group) is 1. The molecule has 1 aromatic heterocycles. The lowest BCUT2D eigenvalue weighted by atomic mass is 10.2. The number of nitrogens with one attached hydrogen (secondary N) is 2. The van der Waals surface area contributed by atoms with E-state index in [1.165, 1.54) is 18.5 Å². The van der Waals surface area contributed by atoms with Crippen LogP contribution in [0.15, 0.2) is 24.5 Å². The van der Waals surface area contributed by atoms with Gasteiger partial charge in [-0.05, 0) is 25.2 Å². The minimum atomic E-state index is -4.56. The first-order chi connectivity index (χ1) is 12.7. The van der Waals surface area contributed by atoms with E-state index in [4.69, 9.17) is 17.3 Å². The minimum absolute atomic E-state index is 0.169. The lowest BCUT2D eigenvalue weighted by molar-refractivity contribution is -0.137. The number of benzene rings is 1. The van der Waals surface area contributed by atoms with Gasteiger partial charge in [-0.2, -0.15) is 13.2 Å². The van der Waals surface area contributed by atoms with Gasteiger partial charge < -0.3 is 21.4 Å². The second kappa shape index (κ2) is 7.75. The van der Waals surface area contributed by atoms with Gasteiger partial charge in [0.15, 0.2) is 11.6 Å². The number of hydrogen-bond donors (Lipinski definition) is 3. The summed E-state index contributed by atoms with van der Waals surface area (Å²) in [7, 11) is 2.04. The highest BCUT2D eigenvalue weighted by Gasteiger charge is 2.33. The molecule has 1 aromatic carbocycles. The summed E-state index contributed by atoms with van der Waals surface area (Å²) in [5, 5.41) is 4.40. The summed E-state index contributed by atoms with van der Waals surface area (Å²) in [5.74, 6) is 0.596. The van der Waals surface area contributed by atoms with Gasteiger partial charge in [-0.3, -0.25) is 0 Å². The summed E-state index contributed by atoms with van der Waals surface area (Å²) in [6.45, 7) is 3.37. The van der Waals surface area contributed by atoms with E-state index in [-0.39, 0.29) is 22.2 Å². The highest BCUT2D eigenvalue weighted by Crippen LogP contribution is 2.37. The van der Waals surface area contributed by atoms with E-state index in [0.717, 1.165) is 32.2 Å². The second-order valence-electron chi connectivity index (χ2n) is 6.20. The third kappa shape index (κ3) is 4.71. The fraction of sp³-hybridized carbons (Fsp3) is 0.375. The van der Waals surface area contributed by atoms with Crippen molar-refractivity contribution in [3.05, 3.63) is 35.1 Å². The van der Waals surface area contributed by atoms with Crippen LogP contribution in [0.2, 0.25) is 5.02 Å². The summed E-state index contributed by atoms with van der Waals surface area (Å²) < 4.78 is 39.1. The molecular weight excluding hydrogens is 383 g/mol. The molecule has 146 valence electrons. The van der Waals surface area contributed by atoms with Gasteiger partial charge in [-0.25, -0.2) is 15.0 Å². The minimum Gasteiger partial charge on any atom is -0.393 e. The summed E-state index contributed by atoms with van der Waals surface area (Å²) >= 11 is 5.64. The number of piperazine rings is 1. The molecule has 0 aliphatic carbocycles. The molecule has 0 saturated carbocycles. The van der Waals surface area contributed by atoms with Gasteiger partial charge in [0.2, 0.25) is 0 Å².